The van der Waals surface area contributed by atoms with E-state index in [4.69, 9.17) is 11.6 Å². The van der Waals surface area contributed by atoms with Gasteiger partial charge in [-0.3, -0.25) is 0 Å². The molecule has 1 aliphatic rings. The van der Waals surface area contributed by atoms with E-state index >= 15 is 0 Å². The molecule has 1 atom stereocenters. The lowest BCUT2D eigenvalue weighted by Crippen LogP contribution is -2.34. The van der Waals surface area contributed by atoms with Crippen molar-refractivity contribution in [3.8, 4) is 0 Å². The topological polar surface area (TPSA) is 15.3 Å². The van der Waals surface area contributed by atoms with Crippen molar-refractivity contribution < 1.29 is 0 Å². The van der Waals surface area contributed by atoms with Crippen LogP contribution in [0, 0.1) is 0 Å². The summed E-state index contributed by atoms with van der Waals surface area (Å²) in [5, 5.41) is 4.53. The Balaban J connectivity index is 1.70. The fraction of sp³-hybridized carbons (Fsp3) is 0.625. The van der Waals surface area contributed by atoms with Gasteiger partial charge in [-0.25, -0.2) is 0 Å². The first-order chi connectivity index (χ1) is 9.06. The molecule has 0 heterocycles. The van der Waals surface area contributed by atoms with Crippen LogP contribution in [0.5, 0.6) is 0 Å². The molecule has 0 aromatic heterocycles. The summed E-state index contributed by atoms with van der Waals surface area (Å²) in [4.78, 5) is 2.39. The van der Waals surface area contributed by atoms with Gasteiger partial charge in [-0.2, -0.15) is 0 Å². The van der Waals surface area contributed by atoms with Gasteiger partial charge in [-0.05, 0) is 76.5 Å². The Hall–Kier alpha value is -0.570. The van der Waals surface area contributed by atoms with Crippen molar-refractivity contribution in [1.29, 1.82) is 0 Å². The highest BCUT2D eigenvalue weighted by Crippen LogP contribution is 2.25. The number of nitrogens with zero attached hydrogens (tertiary/aromatic N) is 1. The summed E-state index contributed by atoms with van der Waals surface area (Å²) >= 11 is 6.04. The van der Waals surface area contributed by atoms with Crippen LogP contribution in [0.25, 0.3) is 0 Å². The molecular formula is C16H25ClN2. The zero-order valence-corrected chi connectivity index (χ0v) is 13.0. The molecule has 0 fully saturated rings. The van der Waals surface area contributed by atoms with Crippen LogP contribution < -0.4 is 5.32 Å². The second-order valence-corrected chi connectivity index (χ2v) is 6.34. The Bertz CT molecular complexity index is 417. The molecule has 0 bridgehead atoms. The molecule has 0 amide bonds. The van der Waals surface area contributed by atoms with Crippen molar-refractivity contribution in [3.05, 3.63) is 34.3 Å². The molecule has 19 heavy (non-hydrogen) atoms. The fourth-order valence-corrected chi connectivity index (χ4v) is 2.82. The summed E-state index contributed by atoms with van der Waals surface area (Å²) in [6, 6.07) is 7.52. The quantitative estimate of drug-likeness (QED) is 0.806. The van der Waals surface area contributed by atoms with Crippen LogP contribution in [0.4, 0.5) is 0 Å². The Morgan fingerprint density at radius 3 is 2.79 bits per heavy atom. The summed E-state index contributed by atoms with van der Waals surface area (Å²) < 4.78 is 0. The van der Waals surface area contributed by atoms with Gasteiger partial charge in [-0.1, -0.05) is 17.7 Å². The summed E-state index contributed by atoms with van der Waals surface area (Å²) in [5.74, 6) is 0. The third kappa shape index (κ3) is 4.20. The minimum Gasteiger partial charge on any atom is -0.313 e. The lowest BCUT2D eigenvalue weighted by molar-refractivity contribution is 0.268. The third-order valence-corrected chi connectivity index (χ3v) is 4.34. The van der Waals surface area contributed by atoms with Crippen LogP contribution in [0.2, 0.25) is 5.02 Å². The van der Waals surface area contributed by atoms with E-state index in [0.29, 0.717) is 12.1 Å². The standard InChI is InChI=1S/C16H25ClN2/c1-12(2)19(3)8-4-7-18-16-10-13-5-6-15(17)9-14(13)11-16/h5-6,9,12,16,18H,4,7-8,10-11H2,1-3H3. The van der Waals surface area contributed by atoms with Crippen LogP contribution in [0.3, 0.4) is 0 Å². The average Bonchev–Trinajstić information content (AvgIpc) is 2.75. The summed E-state index contributed by atoms with van der Waals surface area (Å²) in [6.07, 6.45) is 3.48. The number of nitrogens with one attached hydrogen (secondary N) is 1. The maximum Gasteiger partial charge on any atom is 0.0408 e. The maximum absolute atomic E-state index is 6.04. The van der Waals surface area contributed by atoms with Crippen LogP contribution >= 0.6 is 11.6 Å². The zero-order valence-electron chi connectivity index (χ0n) is 12.2. The van der Waals surface area contributed by atoms with E-state index in [2.05, 4.69) is 43.2 Å². The monoisotopic (exact) mass is 280 g/mol. The molecule has 2 nitrogen and oxygen atoms in total. The van der Waals surface area contributed by atoms with Crippen molar-refractivity contribution in [2.45, 2.75) is 45.2 Å². The molecule has 1 aliphatic carbocycles. The van der Waals surface area contributed by atoms with Gasteiger partial charge in [0.05, 0.1) is 0 Å². The zero-order chi connectivity index (χ0) is 13.8. The molecule has 1 aromatic rings. The number of fused-ring (bicyclic) bond motifs is 1. The van der Waals surface area contributed by atoms with Gasteiger partial charge in [-0.15, -0.1) is 0 Å². The van der Waals surface area contributed by atoms with E-state index in [-0.39, 0.29) is 0 Å². The summed E-state index contributed by atoms with van der Waals surface area (Å²) in [6.45, 7) is 6.75. The van der Waals surface area contributed by atoms with Crippen molar-refractivity contribution >= 4 is 11.6 Å². The van der Waals surface area contributed by atoms with Gasteiger partial charge in [0.25, 0.3) is 0 Å². The molecule has 1 N–H and O–H groups in total. The molecule has 1 aromatic carbocycles. The Kier molecular flexibility index (Phi) is 5.26. The van der Waals surface area contributed by atoms with Crippen LogP contribution in [-0.4, -0.2) is 37.1 Å². The lowest BCUT2D eigenvalue weighted by Gasteiger charge is -2.21. The van der Waals surface area contributed by atoms with E-state index in [1.54, 1.807) is 0 Å². The molecular weight excluding hydrogens is 256 g/mol. The fourth-order valence-electron chi connectivity index (χ4n) is 2.62. The molecule has 0 saturated heterocycles. The molecule has 3 heteroatoms. The second kappa shape index (κ2) is 6.74. The average molecular weight is 281 g/mol. The summed E-state index contributed by atoms with van der Waals surface area (Å²) in [5.41, 5.74) is 2.88. The van der Waals surface area contributed by atoms with E-state index < -0.39 is 0 Å². The van der Waals surface area contributed by atoms with Gasteiger partial charge in [0.15, 0.2) is 0 Å². The smallest absolute Gasteiger partial charge is 0.0408 e. The van der Waals surface area contributed by atoms with Crippen molar-refractivity contribution in [1.82, 2.24) is 10.2 Å². The molecule has 2 rings (SSSR count). The molecule has 0 aliphatic heterocycles. The number of benzene rings is 1. The molecule has 0 saturated carbocycles. The normalized spacial score (nSPS) is 18.3. The van der Waals surface area contributed by atoms with Gasteiger partial charge in [0.1, 0.15) is 0 Å². The van der Waals surface area contributed by atoms with Crippen LogP contribution in [0.15, 0.2) is 18.2 Å². The molecule has 0 radical (unpaired) electrons. The molecule has 0 spiro atoms. The highest BCUT2D eigenvalue weighted by molar-refractivity contribution is 6.30. The van der Waals surface area contributed by atoms with Gasteiger partial charge in [0.2, 0.25) is 0 Å². The van der Waals surface area contributed by atoms with Crippen LogP contribution in [0.1, 0.15) is 31.4 Å². The van der Waals surface area contributed by atoms with Crippen molar-refractivity contribution in [3.63, 3.8) is 0 Å². The second-order valence-electron chi connectivity index (χ2n) is 5.90. The maximum atomic E-state index is 6.04. The minimum absolute atomic E-state index is 0.595. The van der Waals surface area contributed by atoms with Gasteiger partial charge in [0, 0.05) is 17.1 Å². The first-order valence-electron chi connectivity index (χ1n) is 7.27. The highest BCUT2D eigenvalue weighted by Gasteiger charge is 2.20. The number of halogens is 1. The minimum atomic E-state index is 0.595. The van der Waals surface area contributed by atoms with E-state index in [9.17, 15) is 0 Å². The lowest BCUT2D eigenvalue weighted by atomic mass is 10.1. The SMILES string of the molecule is CC(C)N(C)CCCNC1Cc2ccc(Cl)cc2C1. The van der Waals surface area contributed by atoms with E-state index in [0.717, 1.165) is 31.0 Å². The van der Waals surface area contributed by atoms with Crippen LogP contribution in [-0.2, 0) is 12.8 Å². The van der Waals surface area contributed by atoms with E-state index in [1.165, 1.54) is 17.5 Å². The molecule has 106 valence electrons. The molecule has 1 unspecified atom stereocenters. The third-order valence-electron chi connectivity index (χ3n) is 4.10. The number of rotatable bonds is 6. The number of hydrogen-bond donors (Lipinski definition) is 1. The van der Waals surface area contributed by atoms with Gasteiger partial charge >= 0.3 is 0 Å². The predicted molar refractivity (Wildman–Crippen MR) is 83.0 cm³/mol. The van der Waals surface area contributed by atoms with Crippen molar-refractivity contribution in [2.75, 3.05) is 20.1 Å². The predicted octanol–water partition coefficient (Wildman–Crippen LogP) is 3.13. The van der Waals surface area contributed by atoms with Crippen molar-refractivity contribution in [2.24, 2.45) is 0 Å². The van der Waals surface area contributed by atoms with E-state index in [1.807, 2.05) is 6.07 Å². The Labute approximate surface area is 122 Å². The number of hydrogen-bond acceptors (Lipinski definition) is 2. The highest BCUT2D eigenvalue weighted by atomic mass is 35.5. The first-order valence-corrected chi connectivity index (χ1v) is 7.65. The largest absolute Gasteiger partial charge is 0.313 e. The Morgan fingerprint density at radius 2 is 2.05 bits per heavy atom. The Morgan fingerprint density at radius 1 is 1.32 bits per heavy atom. The first kappa shape index (κ1) is 14.8. The summed E-state index contributed by atoms with van der Waals surface area (Å²) in [7, 11) is 2.19. The van der Waals surface area contributed by atoms with Gasteiger partial charge < -0.3 is 10.2 Å².